The van der Waals surface area contributed by atoms with Gasteiger partial charge < -0.3 is 25.8 Å². The van der Waals surface area contributed by atoms with Crippen LogP contribution in [0, 0.1) is 0 Å². The van der Waals surface area contributed by atoms with Crippen molar-refractivity contribution in [2.24, 2.45) is 0 Å². The predicted octanol–water partition coefficient (Wildman–Crippen LogP) is 3.88. The Morgan fingerprint density at radius 3 is 2.24 bits per heavy atom. The summed E-state index contributed by atoms with van der Waals surface area (Å²) in [4.78, 5) is 40.0. The Kier molecular flexibility index (Phi) is 20.8. The van der Waals surface area contributed by atoms with Gasteiger partial charge >= 0.3 is 0 Å². The minimum Gasteiger partial charge on any atom is -0.483 e. The summed E-state index contributed by atoms with van der Waals surface area (Å²) in [5, 5.41) is 14.9. The molecule has 0 radical (unpaired) electrons. The minimum atomic E-state index is -0.250. The molecule has 3 rings (SSSR count). The molecule has 1 aliphatic rings. The van der Waals surface area contributed by atoms with E-state index in [9.17, 15) is 14.4 Å². The highest BCUT2D eigenvalue weighted by molar-refractivity contribution is 5.86. The summed E-state index contributed by atoms with van der Waals surface area (Å²) in [6, 6.07) is 18.2. The average Bonchev–Trinajstić information content (AvgIpc) is 3.28. The summed E-state index contributed by atoms with van der Waals surface area (Å²) in [6.45, 7) is 11.6. The standard InChI is InChI=1S/C16H16O2.C12H16N2O2.C3H9N.CH2O2/c1-3-7-13-12(4-2)14-8-5-6-9-15(14)16(13)10-18-11-17;1-10(14-12(16)8-13-9-15)7-11-5-3-2-4-6-11;1-3-4-2;2-1-3/h3-9,11,16H,2,10H2,1H3;2-6,9-10H,7-8H2,1H3,(H,13,15)(H,14,16);4H,3H2,1-2H3;1H,(H,2,3)/b7-3-;;;. The van der Waals surface area contributed by atoms with Crippen LogP contribution < -0.4 is 16.0 Å². The molecule has 9 nitrogen and oxygen atoms in total. The molecule has 1 aliphatic carbocycles. The maximum atomic E-state index is 11.3. The fraction of sp³-hybridized carbons (Fsp3) is 0.312. The summed E-state index contributed by atoms with van der Waals surface area (Å²) in [5.41, 5.74) is 5.85. The molecule has 2 aromatic carbocycles. The monoisotopic (exact) mass is 565 g/mol. The van der Waals surface area contributed by atoms with Gasteiger partial charge in [-0.2, -0.15) is 0 Å². The summed E-state index contributed by atoms with van der Waals surface area (Å²) in [7, 11) is 1.93. The Morgan fingerprint density at radius 1 is 1.10 bits per heavy atom. The number of carbonyl (C=O) groups excluding carboxylic acids is 3. The largest absolute Gasteiger partial charge is 0.483 e. The molecule has 0 heterocycles. The fourth-order valence-electron chi connectivity index (χ4n) is 3.96. The molecule has 2 unspecified atom stereocenters. The van der Waals surface area contributed by atoms with Crippen molar-refractivity contribution in [2.45, 2.75) is 39.2 Å². The van der Waals surface area contributed by atoms with Crippen LogP contribution in [0.3, 0.4) is 0 Å². The van der Waals surface area contributed by atoms with Crippen molar-refractivity contribution in [3.63, 3.8) is 0 Å². The van der Waals surface area contributed by atoms with Gasteiger partial charge in [0.2, 0.25) is 12.3 Å². The topological polar surface area (TPSA) is 134 Å². The van der Waals surface area contributed by atoms with E-state index in [4.69, 9.17) is 14.6 Å². The maximum Gasteiger partial charge on any atom is 0.293 e. The Bertz CT molecular complexity index is 1110. The molecule has 41 heavy (non-hydrogen) atoms. The highest BCUT2D eigenvalue weighted by atomic mass is 16.5. The number of benzene rings is 2. The highest BCUT2D eigenvalue weighted by Gasteiger charge is 2.28. The number of hydrogen-bond acceptors (Lipinski definition) is 6. The van der Waals surface area contributed by atoms with E-state index in [2.05, 4.69) is 47.7 Å². The molecule has 0 fully saturated rings. The Labute approximate surface area is 243 Å². The minimum absolute atomic E-state index is 0.0304. The molecule has 2 aromatic rings. The summed E-state index contributed by atoms with van der Waals surface area (Å²) >= 11 is 0. The first-order valence-corrected chi connectivity index (χ1v) is 13.2. The van der Waals surface area contributed by atoms with E-state index in [1.165, 1.54) is 16.7 Å². The second-order valence-corrected chi connectivity index (χ2v) is 8.61. The normalized spacial score (nSPS) is 13.4. The van der Waals surface area contributed by atoms with Crippen LogP contribution in [0.4, 0.5) is 0 Å². The molecule has 0 aliphatic heterocycles. The second-order valence-electron chi connectivity index (χ2n) is 8.61. The molecule has 0 saturated carbocycles. The molecule has 0 aromatic heterocycles. The molecule has 222 valence electrons. The first kappa shape index (κ1) is 36.5. The first-order chi connectivity index (χ1) is 19.9. The van der Waals surface area contributed by atoms with Crippen LogP contribution >= 0.6 is 0 Å². The third kappa shape index (κ3) is 14.5. The van der Waals surface area contributed by atoms with Crippen LogP contribution in [0.1, 0.15) is 43.4 Å². The summed E-state index contributed by atoms with van der Waals surface area (Å²) in [5.74, 6) is -0.0638. The molecule has 0 bridgehead atoms. The van der Waals surface area contributed by atoms with Crippen molar-refractivity contribution in [3.8, 4) is 0 Å². The van der Waals surface area contributed by atoms with Gasteiger partial charge in [0.1, 0.15) is 6.61 Å². The fourth-order valence-corrected chi connectivity index (χ4v) is 3.96. The van der Waals surface area contributed by atoms with E-state index in [-0.39, 0.29) is 30.9 Å². The Hall–Kier alpha value is -4.50. The zero-order chi connectivity index (χ0) is 30.9. The maximum absolute atomic E-state index is 11.3. The van der Waals surface area contributed by atoms with Crippen molar-refractivity contribution in [2.75, 3.05) is 26.7 Å². The molecule has 2 amide bonds. The van der Waals surface area contributed by atoms with Gasteiger partial charge in [-0.3, -0.25) is 19.2 Å². The first-order valence-electron chi connectivity index (χ1n) is 13.2. The Morgan fingerprint density at radius 2 is 1.71 bits per heavy atom. The molecular weight excluding hydrogens is 522 g/mol. The van der Waals surface area contributed by atoms with Crippen LogP contribution in [-0.4, -0.2) is 63.2 Å². The van der Waals surface area contributed by atoms with Crippen LogP contribution in [0.15, 0.2) is 85.0 Å². The lowest BCUT2D eigenvalue weighted by molar-refractivity contribution is -0.129. The van der Waals surface area contributed by atoms with Crippen molar-refractivity contribution >= 4 is 30.8 Å². The van der Waals surface area contributed by atoms with Gasteiger partial charge in [-0.05, 0) is 61.7 Å². The number of ether oxygens (including phenoxy) is 1. The lowest BCUT2D eigenvalue weighted by Gasteiger charge is -2.13. The van der Waals surface area contributed by atoms with Crippen molar-refractivity contribution in [1.82, 2.24) is 16.0 Å². The molecule has 2 atom stereocenters. The SMILES string of the molecule is C=CC1=C(/C=C\C)C(COC=O)c2ccccc21.CC(Cc1ccccc1)NC(=O)CNC=O.CCNC.O=CO. The number of rotatable bonds is 12. The summed E-state index contributed by atoms with van der Waals surface area (Å²) in [6.07, 6.45) is 7.23. The number of carbonyl (C=O) groups is 4. The zero-order valence-corrected chi connectivity index (χ0v) is 24.3. The zero-order valence-electron chi connectivity index (χ0n) is 24.3. The number of carboxylic acid groups (broad SMARTS) is 1. The van der Waals surface area contributed by atoms with E-state index in [1.54, 1.807) is 0 Å². The van der Waals surface area contributed by atoms with E-state index in [0.717, 1.165) is 24.1 Å². The van der Waals surface area contributed by atoms with Gasteiger partial charge in [-0.15, -0.1) is 0 Å². The van der Waals surface area contributed by atoms with Crippen LogP contribution in [0.25, 0.3) is 5.57 Å². The quantitative estimate of drug-likeness (QED) is 0.287. The van der Waals surface area contributed by atoms with E-state index < -0.39 is 0 Å². The highest BCUT2D eigenvalue weighted by Crippen LogP contribution is 2.43. The van der Waals surface area contributed by atoms with Gasteiger partial charge in [-0.25, -0.2) is 0 Å². The molecular formula is C32H43N3O6. The van der Waals surface area contributed by atoms with Crippen molar-refractivity contribution < 1.29 is 29.0 Å². The Balaban J connectivity index is 0.000000640. The molecule has 4 N–H and O–H groups in total. The van der Waals surface area contributed by atoms with Crippen LogP contribution in [0.5, 0.6) is 0 Å². The smallest absolute Gasteiger partial charge is 0.293 e. The third-order valence-corrected chi connectivity index (χ3v) is 5.69. The van der Waals surface area contributed by atoms with Crippen LogP contribution in [0.2, 0.25) is 0 Å². The van der Waals surface area contributed by atoms with Crippen molar-refractivity contribution in [3.05, 3.63) is 102 Å². The summed E-state index contributed by atoms with van der Waals surface area (Å²) < 4.78 is 4.96. The number of nitrogens with one attached hydrogen (secondary N) is 3. The van der Waals surface area contributed by atoms with Gasteiger partial charge in [0.15, 0.2) is 0 Å². The van der Waals surface area contributed by atoms with Gasteiger partial charge in [0, 0.05) is 12.0 Å². The van der Waals surface area contributed by atoms with Gasteiger partial charge in [0.25, 0.3) is 12.9 Å². The van der Waals surface area contributed by atoms with E-state index >= 15 is 0 Å². The number of amides is 2. The van der Waals surface area contributed by atoms with Crippen molar-refractivity contribution in [1.29, 1.82) is 0 Å². The number of allylic oxidation sites excluding steroid dienone is 4. The van der Waals surface area contributed by atoms with Gasteiger partial charge in [0.05, 0.1) is 6.54 Å². The van der Waals surface area contributed by atoms with E-state index in [0.29, 0.717) is 19.5 Å². The lowest BCUT2D eigenvalue weighted by atomic mass is 9.96. The molecule has 9 heteroatoms. The average molecular weight is 566 g/mol. The molecule has 0 saturated heterocycles. The number of fused-ring (bicyclic) bond motifs is 1. The number of hydrogen-bond donors (Lipinski definition) is 4. The molecule has 0 spiro atoms. The lowest BCUT2D eigenvalue weighted by Crippen LogP contribution is -2.39. The van der Waals surface area contributed by atoms with E-state index in [1.807, 2.05) is 75.5 Å². The predicted molar refractivity (Wildman–Crippen MR) is 163 cm³/mol. The van der Waals surface area contributed by atoms with Gasteiger partial charge in [-0.1, -0.05) is 86.3 Å². The second kappa shape index (κ2) is 23.4. The van der Waals surface area contributed by atoms with Crippen LogP contribution in [-0.2, 0) is 30.3 Å². The third-order valence-electron chi connectivity index (χ3n) is 5.69.